The van der Waals surface area contributed by atoms with Crippen LogP contribution in [0.2, 0.25) is 5.02 Å². The molecule has 0 aliphatic rings. The molecule has 0 fully saturated rings. The molecule has 0 atom stereocenters. The predicted octanol–water partition coefficient (Wildman–Crippen LogP) is 3.12. The normalized spacial score (nSPS) is 10.9. The van der Waals surface area contributed by atoms with Crippen LogP contribution in [0.25, 0.3) is 10.6 Å². The number of hydrogen-bond acceptors (Lipinski definition) is 4. The molecular weight excluding hydrogens is 334 g/mol. The lowest BCUT2D eigenvalue weighted by molar-refractivity contribution is 0.0947. The number of thiophene rings is 1. The number of amides is 1. The third kappa shape index (κ3) is 3.80. The molecule has 3 rings (SSSR count). The largest absolute Gasteiger partial charge is 0.351 e. The Hall–Kier alpha value is -2.12. The number of nitrogens with zero attached hydrogens (tertiary/aromatic N) is 3. The molecule has 3 aromatic rings. The van der Waals surface area contributed by atoms with E-state index in [9.17, 15) is 4.79 Å². The summed E-state index contributed by atoms with van der Waals surface area (Å²) in [5.41, 5.74) is 2.06. The number of rotatable bonds is 6. The maximum atomic E-state index is 12.1. The molecule has 0 spiro atoms. The third-order valence-corrected chi connectivity index (χ3v) is 4.61. The number of hydrogen-bond donors (Lipinski definition) is 2. The molecule has 2 N–H and O–H groups in total. The van der Waals surface area contributed by atoms with Crippen molar-refractivity contribution in [3.63, 3.8) is 0 Å². The Kier molecular flexibility index (Phi) is 4.78. The van der Waals surface area contributed by atoms with Gasteiger partial charge in [-0.1, -0.05) is 17.7 Å². The van der Waals surface area contributed by atoms with E-state index in [2.05, 4.69) is 20.6 Å². The molecule has 6 nitrogen and oxygen atoms in total. The van der Waals surface area contributed by atoms with Crippen LogP contribution < -0.4 is 5.32 Å². The number of carbonyl (C=O) groups is 1. The highest BCUT2D eigenvalue weighted by molar-refractivity contribution is 7.13. The summed E-state index contributed by atoms with van der Waals surface area (Å²) in [6.07, 6.45) is 2.56. The summed E-state index contributed by atoms with van der Waals surface area (Å²) >= 11 is 7.55. The van der Waals surface area contributed by atoms with Crippen LogP contribution in [0, 0.1) is 6.92 Å². The second kappa shape index (κ2) is 6.97. The van der Waals surface area contributed by atoms with Crippen LogP contribution >= 0.6 is 22.9 Å². The van der Waals surface area contributed by atoms with E-state index < -0.39 is 0 Å². The van der Waals surface area contributed by atoms with Gasteiger partial charge in [0.1, 0.15) is 0 Å². The van der Waals surface area contributed by atoms with E-state index in [-0.39, 0.29) is 5.91 Å². The van der Waals surface area contributed by atoms with Crippen molar-refractivity contribution in [2.24, 2.45) is 0 Å². The molecule has 0 unspecified atom stereocenters. The second-order valence-electron chi connectivity index (χ2n) is 5.08. The molecule has 1 amide bonds. The first-order chi connectivity index (χ1) is 11.1. The Morgan fingerprint density at radius 2 is 2.39 bits per heavy atom. The highest BCUT2D eigenvalue weighted by Gasteiger charge is 2.11. The quantitative estimate of drug-likeness (QED) is 0.671. The number of nitrogens with one attached hydrogen (secondary N) is 2. The van der Waals surface area contributed by atoms with Crippen molar-refractivity contribution in [3.8, 4) is 10.6 Å². The lowest BCUT2D eigenvalue weighted by atomic mass is 10.3. The molecule has 0 saturated heterocycles. The van der Waals surface area contributed by atoms with Crippen molar-refractivity contribution in [1.82, 2.24) is 25.3 Å². The van der Waals surface area contributed by atoms with Gasteiger partial charge in [-0.25, -0.2) is 0 Å². The van der Waals surface area contributed by atoms with Crippen molar-refractivity contribution in [2.45, 2.75) is 19.9 Å². The first-order valence-electron chi connectivity index (χ1n) is 7.20. The molecule has 8 heteroatoms. The minimum absolute atomic E-state index is 0.182. The first-order valence-corrected chi connectivity index (χ1v) is 8.46. The van der Waals surface area contributed by atoms with Crippen molar-refractivity contribution in [2.75, 3.05) is 6.54 Å². The molecule has 0 aliphatic heterocycles. The highest BCUT2D eigenvalue weighted by Crippen LogP contribution is 2.22. The number of aromatic amines is 1. The molecule has 0 saturated carbocycles. The molecule has 0 radical (unpaired) electrons. The average molecular weight is 350 g/mol. The summed E-state index contributed by atoms with van der Waals surface area (Å²) < 4.78 is 1.78. The van der Waals surface area contributed by atoms with Crippen LogP contribution in [0.1, 0.15) is 22.6 Å². The summed E-state index contributed by atoms with van der Waals surface area (Å²) in [5, 5.41) is 16.7. The van der Waals surface area contributed by atoms with E-state index in [1.807, 2.05) is 24.4 Å². The highest BCUT2D eigenvalue weighted by atomic mass is 35.5. The van der Waals surface area contributed by atoms with Crippen LogP contribution in [0.15, 0.2) is 29.8 Å². The standard InChI is InChI=1S/C15H16ClN5OS/c1-10-11(16)9-21(20-10)6-3-5-17-15(22)13-8-12(18-19-13)14-4-2-7-23-14/h2,4,7-9H,3,5-6H2,1H3,(H,17,22)(H,18,19). The van der Waals surface area contributed by atoms with E-state index in [1.54, 1.807) is 28.3 Å². The van der Waals surface area contributed by atoms with Gasteiger partial charge in [-0.05, 0) is 30.9 Å². The van der Waals surface area contributed by atoms with Gasteiger partial charge in [0.2, 0.25) is 0 Å². The summed E-state index contributed by atoms with van der Waals surface area (Å²) in [7, 11) is 0. The smallest absolute Gasteiger partial charge is 0.271 e. The van der Waals surface area contributed by atoms with Crippen molar-refractivity contribution in [3.05, 3.63) is 46.2 Å². The Morgan fingerprint density at radius 1 is 1.52 bits per heavy atom. The zero-order chi connectivity index (χ0) is 16.2. The lowest BCUT2D eigenvalue weighted by Gasteiger charge is -2.03. The zero-order valence-corrected chi connectivity index (χ0v) is 14.1. The van der Waals surface area contributed by atoms with Gasteiger partial charge in [0.05, 0.1) is 21.3 Å². The van der Waals surface area contributed by atoms with E-state index in [0.717, 1.165) is 22.7 Å². The number of H-pyrrole nitrogens is 1. The minimum Gasteiger partial charge on any atom is -0.351 e. The molecule has 120 valence electrons. The van der Waals surface area contributed by atoms with Crippen LogP contribution in [-0.4, -0.2) is 32.4 Å². The van der Waals surface area contributed by atoms with Crippen LogP contribution in [0.3, 0.4) is 0 Å². The van der Waals surface area contributed by atoms with Gasteiger partial charge in [-0.15, -0.1) is 11.3 Å². The van der Waals surface area contributed by atoms with Crippen molar-refractivity contribution >= 4 is 28.8 Å². The molecule has 0 aromatic carbocycles. The summed E-state index contributed by atoms with van der Waals surface area (Å²) in [5.74, 6) is -0.182. The lowest BCUT2D eigenvalue weighted by Crippen LogP contribution is -2.25. The maximum absolute atomic E-state index is 12.1. The second-order valence-corrected chi connectivity index (χ2v) is 6.43. The average Bonchev–Trinajstić information content (AvgIpc) is 3.25. The topological polar surface area (TPSA) is 75.6 Å². The molecular formula is C15H16ClN5OS. The van der Waals surface area contributed by atoms with E-state index in [4.69, 9.17) is 11.6 Å². The first kappa shape index (κ1) is 15.8. The third-order valence-electron chi connectivity index (χ3n) is 3.33. The van der Waals surface area contributed by atoms with Crippen molar-refractivity contribution < 1.29 is 4.79 Å². The van der Waals surface area contributed by atoms with Gasteiger partial charge in [-0.2, -0.15) is 10.2 Å². The fraction of sp³-hybridized carbons (Fsp3) is 0.267. The Balaban J connectivity index is 1.48. The number of halogens is 1. The summed E-state index contributed by atoms with van der Waals surface area (Å²) in [6, 6.07) is 5.71. The van der Waals surface area contributed by atoms with Gasteiger partial charge in [-0.3, -0.25) is 14.6 Å². The molecule has 0 aliphatic carbocycles. The predicted molar refractivity (Wildman–Crippen MR) is 90.8 cm³/mol. The number of carbonyl (C=O) groups excluding carboxylic acids is 1. The zero-order valence-electron chi connectivity index (χ0n) is 12.5. The van der Waals surface area contributed by atoms with Crippen molar-refractivity contribution in [1.29, 1.82) is 0 Å². The van der Waals surface area contributed by atoms with Gasteiger partial charge in [0.15, 0.2) is 5.69 Å². The summed E-state index contributed by atoms with van der Waals surface area (Å²) in [4.78, 5) is 13.1. The molecule has 3 aromatic heterocycles. The van der Waals surface area contributed by atoms with Gasteiger partial charge in [0.25, 0.3) is 5.91 Å². The number of aromatic nitrogens is 4. The fourth-order valence-corrected chi connectivity index (χ4v) is 2.98. The van der Waals surface area contributed by atoms with Gasteiger partial charge in [0, 0.05) is 19.3 Å². The van der Waals surface area contributed by atoms with Crippen LogP contribution in [-0.2, 0) is 6.54 Å². The molecule has 23 heavy (non-hydrogen) atoms. The Labute approximate surface area is 142 Å². The monoisotopic (exact) mass is 349 g/mol. The molecule has 0 bridgehead atoms. The van der Waals surface area contributed by atoms with Crippen LogP contribution in [0.5, 0.6) is 0 Å². The van der Waals surface area contributed by atoms with E-state index >= 15 is 0 Å². The summed E-state index contributed by atoms with van der Waals surface area (Å²) in [6.45, 7) is 3.12. The Morgan fingerprint density at radius 3 is 3.09 bits per heavy atom. The molecule has 3 heterocycles. The Bertz CT molecular complexity index is 773. The van der Waals surface area contributed by atoms with Crippen LogP contribution in [0.4, 0.5) is 0 Å². The van der Waals surface area contributed by atoms with Gasteiger partial charge < -0.3 is 5.32 Å². The van der Waals surface area contributed by atoms with E-state index in [1.165, 1.54) is 0 Å². The number of aryl methyl sites for hydroxylation is 2. The van der Waals surface area contributed by atoms with E-state index in [0.29, 0.717) is 23.8 Å². The van der Waals surface area contributed by atoms with Gasteiger partial charge >= 0.3 is 0 Å². The minimum atomic E-state index is -0.182. The fourth-order valence-electron chi connectivity index (χ4n) is 2.14. The SMILES string of the molecule is Cc1nn(CCCNC(=O)c2cc(-c3cccs3)[nH]n2)cc1Cl. The maximum Gasteiger partial charge on any atom is 0.271 e.